The maximum Gasteiger partial charge on any atom is 0.339 e. The van der Waals surface area contributed by atoms with Crippen molar-refractivity contribution in [3.8, 4) is 5.75 Å². The number of carbonyl (C=O) groups is 1. The fraction of sp³-hybridized carbons (Fsp3) is 0.205. The summed E-state index contributed by atoms with van der Waals surface area (Å²) in [5.41, 5.74) is 7.66. The zero-order chi connectivity index (χ0) is 29.6. The van der Waals surface area contributed by atoms with E-state index in [1.165, 1.54) is 5.56 Å². The summed E-state index contributed by atoms with van der Waals surface area (Å²) in [7, 11) is 0. The molecule has 0 aromatic heterocycles. The fourth-order valence-electron chi connectivity index (χ4n) is 5.99. The minimum absolute atomic E-state index is 0.00856. The molecule has 5 aromatic rings. The lowest BCUT2D eigenvalue weighted by molar-refractivity contribution is 0.0689. The van der Waals surface area contributed by atoms with Crippen LogP contribution >= 0.6 is 0 Å². The molecule has 0 spiro atoms. The van der Waals surface area contributed by atoms with Gasteiger partial charge < -0.3 is 9.84 Å². The molecule has 0 amide bonds. The largest absolute Gasteiger partial charge is 0.485 e. The number of hydrogen-bond donors (Lipinski definition) is 1. The molecule has 5 rings (SSSR count). The molecule has 0 fully saturated rings. The highest BCUT2D eigenvalue weighted by atomic mass is 16.5. The van der Waals surface area contributed by atoms with Crippen LogP contribution in [0.2, 0.25) is 0 Å². The van der Waals surface area contributed by atoms with E-state index in [9.17, 15) is 9.90 Å². The second kappa shape index (κ2) is 12.9. The maximum absolute atomic E-state index is 13.0. The van der Waals surface area contributed by atoms with Crippen LogP contribution in [0, 0.1) is 0 Å². The standard InChI is InChI=1S/C39H38O3/c1-26(30-17-9-5-10-18-30)34-25-35(39(40)41)38(42-29(4)33-23-15-8-16-24-33)37(28(3)32-21-13-7-14-22-32)36(34)27(2)31-19-11-6-12-20-31/h5-29H,1-4H3,(H,40,41). The van der Waals surface area contributed by atoms with Gasteiger partial charge in [-0.25, -0.2) is 4.79 Å². The highest BCUT2D eigenvalue weighted by Crippen LogP contribution is 2.47. The number of aromatic carboxylic acids is 1. The average Bonchev–Trinajstić information content (AvgIpc) is 3.04. The molecule has 0 radical (unpaired) electrons. The van der Waals surface area contributed by atoms with Crippen molar-refractivity contribution < 1.29 is 14.6 Å². The number of carboxylic acids is 1. The summed E-state index contributed by atoms with van der Waals surface area (Å²) in [6.07, 6.45) is -0.344. The first-order valence-corrected chi connectivity index (χ1v) is 14.7. The van der Waals surface area contributed by atoms with Crippen molar-refractivity contribution in [2.75, 3.05) is 0 Å². The van der Waals surface area contributed by atoms with Gasteiger partial charge in [-0.15, -0.1) is 0 Å². The van der Waals surface area contributed by atoms with Gasteiger partial charge in [-0.2, -0.15) is 0 Å². The first-order chi connectivity index (χ1) is 20.4. The van der Waals surface area contributed by atoms with Crippen molar-refractivity contribution >= 4 is 5.97 Å². The fourth-order valence-corrected chi connectivity index (χ4v) is 5.99. The summed E-state index contributed by atoms with van der Waals surface area (Å²) in [5, 5.41) is 10.7. The van der Waals surface area contributed by atoms with Gasteiger partial charge in [-0.05, 0) is 46.4 Å². The molecular weight excluding hydrogens is 516 g/mol. The normalized spacial score (nSPS) is 14.0. The predicted molar refractivity (Wildman–Crippen MR) is 171 cm³/mol. The first-order valence-electron chi connectivity index (χ1n) is 14.7. The summed E-state index contributed by atoms with van der Waals surface area (Å²) >= 11 is 0. The van der Waals surface area contributed by atoms with Crippen LogP contribution in [-0.4, -0.2) is 11.1 Å². The van der Waals surface area contributed by atoms with E-state index in [1.807, 2.05) is 85.8 Å². The summed E-state index contributed by atoms with van der Waals surface area (Å²) in [6.45, 7) is 8.53. The van der Waals surface area contributed by atoms with E-state index in [0.717, 1.165) is 33.4 Å². The molecule has 0 aliphatic rings. The van der Waals surface area contributed by atoms with E-state index in [-0.39, 0.29) is 29.4 Å². The van der Waals surface area contributed by atoms with E-state index in [4.69, 9.17) is 4.74 Å². The van der Waals surface area contributed by atoms with Crippen molar-refractivity contribution in [1.29, 1.82) is 0 Å². The Morgan fingerprint density at radius 3 is 1.36 bits per heavy atom. The zero-order valence-corrected chi connectivity index (χ0v) is 24.7. The van der Waals surface area contributed by atoms with Crippen molar-refractivity contribution in [1.82, 2.24) is 0 Å². The number of benzene rings is 5. The summed E-state index contributed by atoms with van der Waals surface area (Å²) in [4.78, 5) is 13.0. The monoisotopic (exact) mass is 554 g/mol. The van der Waals surface area contributed by atoms with Crippen LogP contribution in [0.25, 0.3) is 0 Å². The number of hydrogen-bond acceptors (Lipinski definition) is 2. The Morgan fingerprint density at radius 2 is 0.929 bits per heavy atom. The molecule has 0 saturated heterocycles. The molecule has 0 aliphatic carbocycles. The van der Waals surface area contributed by atoms with Gasteiger partial charge >= 0.3 is 5.97 Å². The van der Waals surface area contributed by atoms with Gasteiger partial charge in [-0.1, -0.05) is 142 Å². The minimum Gasteiger partial charge on any atom is -0.485 e. The van der Waals surface area contributed by atoms with E-state index in [2.05, 4.69) is 69.3 Å². The van der Waals surface area contributed by atoms with Crippen molar-refractivity contribution in [2.24, 2.45) is 0 Å². The third-order valence-electron chi connectivity index (χ3n) is 8.42. The SMILES string of the molecule is CC(Oc1c(C(=O)O)cc(C(C)c2ccccc2)c(C(C)c2ccccc2)c1C(C)c1ccccc1)c1ccccc1. The molecule has 4 unspecified atom stereocenters. The Morgan fingerprint density at radius 1 is 0.548 bits per heavy atom. The third kappa shape index (κ3) is 6.01. The molecule has 0 heterocycles. The second-order valence-electron chi connectivity index (χ2n) is 11.0. The van der Waals surface area contributed by atoms with Gasteiger partial charge in [0.15, 0.2) is 0 Å². The third-order valence-corrected chi connectivity index (χ3v) is 8.42. The highest BCUT2D eigenvalue weighted by Gasteiger charge is 2.32. The Bertz CT molecular complexity index is 1610. The van der Waals surface area contributed by atoms with Crippen LogP contribution in [0.4, 0.5) is 0 Å². The highest BCUT2D eigenvalue weighted by molar-refractivity contribution is 5.92. The summed E-state index contributed by atoms with van der Waals surface area (Å²) in [6, 6.07) is 42.9. The van der Waals surface area contributed by atoms with Crippen LogP contribution in [0.3, 0.4) is 0 Å². The molecule has 212 valence electrons. The minimum atomic E-state index is -0.993. The van der Waals surface area contributed by atoms with Crippen molar-refractivity contribution in [2.45, 2.75) is 51.6 Å². The van der Waals surface area contributed by atoms with E-state index in [0.29, 0.717) is 5.75 Å². The lowest BCUT2D eigenvalue weighted by Gasteiger charge is -2.31. The Balaban J connectivity index is 1.84. The van der Waals surface area contributed by atoms with E-state index < -0.39 is 5.97 Å². The first kappa shape index (κ1) is 28.9. The number of carboxylic acid groups (broad SMARTS) is 1. The van der Waals surface area contributed by atoms with Crippen LogP contribution in [0.5, 0.6) is 5.75 Å². The van der Waals surface area contributed by atoms with Crippen LogP contribution in [0.1, 0.15) is 101 Å². The quantitative estimate of drug-likeness (QED) is 0.187. The lowest BCUT2D eigenvalue weighted by atomic mass is 9.75. The van der Waals surface area contributed by atoms with E-state index in [1.54, 1.807) is 0 Å². The Labute approximate surface area is 249 Å². The molecule has 0 bridgehead atoms. The van der Waals surface area contributed by atoms with Crippen LogP contribution < -0.4 is 4.74 Å². The van der Waals surface area contributed by atoms with Gasteiger partial charge in [0.05, 0.1) is 0 Å². The Kier molecular flexibility index (Phi) is 8.88. The zero-order valence-electron chi connectivity index (χ0n) is 24.7. The molecule has 3 heteroatoms. The topological polar surface area (TPSA) is 46.5 Å². The van der Waals surface area contributed by atoms with E-state index >= 15 is 0 Å². The van der Waals surface area contributed by atoms with Crippen LogP contribution in [-0.2, 0) is 0 Å². The summed E-state index contributed by atoms with van der Waals surface area (Å²) < 4.78 is 6.75. The molecule has 42 heavy (non-hydrogen) atoms. The van der Waals surface area contributed by atoms with Gasteiger partial charge in [0.25, 0.3) is 0 Å². The molecule has 0 saturated carbocycles. The molecule has 5 aromatic carbocycles. The van der Waals surface area contributed by atoms with Crippen molar-refractivity contribution in [3.63, 3.8) is 0 Å². The number of rotatable bonds is 10. The molecule has 4 atom stereocenters. The molecule has 1 N–H and O–H groups in total. The average molecular weight is 555 g/mol. The predicted octanol–water partition coefficient (Wildman–Crippen LogP) is 9.98. The molecule has 3 nitrogen and oxygen atoms in total. The van der Waals surface area contributed by atoms with Gasteiger partial charge in [0.1, 0.15) is 17.4 Å². The molecular formula is C39H38O3. The van der Waals surface area contributed by atoms with Crippen molar-refractivity contribution in [3.05, 3.63) is 172 Å². The summed E-state index contributed by atoms with van der Waals surface area (Å²) in [5.74, 6) is -0.714. The second-order valence-corrected chi connectivity index (χ2v) is 11.0. The van der Waals surface area contributed by atoms with Gasteiger partial charge in [-0.3, -0.25) is 0 Å². The van der Waals surface area contributed by atoms with Gasteiger partial charge in [0, 0.05) is 23.3 Å². The lowest BCUT2D eigenvalue weighted by Crippen LogP contribution is -2.18. The smallest absolute Gasteiger partial charge is 0.339 e. The maximum atomic E-state index is 13.0. The van der Waals surface area contributed by atoms with Gasteiger partial charge in [0.2, 0.25) is 0 Å². The number of ether oxygens (including phenoxy) is 1. The Hall–Kier alpha value is -4.63. The molecule has 0 aliphatic heterocycles. The van der Waals surface area contributed by atoms with Crippen LogP contribution in [0.15, 0.2) is 127 Å².